The van der Waals surface area contributed by atoms with Crippen molar-refractivity contribution in [2.75, 3.05) is 47.5 Å². The van der Waals surface area contributed by atoms with Crippen LogP contribution >= 0.6 is 7.82 Å². The molecular weight excluding hydrogens is 689 g/mol. The smallest absolute Gasteiger partial charge is 0.306 e. The molecule has 0 aromatic carbocycles. The molecule has 310 valence electrons. The molecule has 53 heavy (non-hydrogen) atoms. The van der Waals surface area contributed by atoms with Crippen molar-refractivity contribution < 1.29 is 42.1 Å². The van der Waals surface area contributed by atoms with Gasteiger partial charge in [0, 0.05) is 12.8 Å². The fraction of sp³-hybridized carbons (Fsp3) is 0.814. The highest BCUT2D eigenvalue weighted by atomic mass is 31.2. The molecule has 0 radical (unpaired) electrons. The Labute approximate surface area is 325 Å². The van der Waals surface area contributed by atoms with E-state index < -0.39 is 32.5 Å². The van der Waals surface area contributed by atoms with Gasteiger partial charge in [-0.1, -0.05) is 140 Å². The fourth-order valence-corrected chi connectivity index (χ4v) is 6.38. The lowest BCUT2D eigenvalue weighted by atomic mass is 10.0. The third-order valence-corrected chi connectivity index (χ3v) is 9.99. The zero-order valence-electron chi connectivity index (χ0n) is 34.5. The van der Waals surface area contributed by atoms with Crippen LogP contribution in [0, 0.1) is 0 Å². The number of carbonyl (C=O) groups is 2. The molecule has 9 nitrogen and oxygen atoms in total. The maximum atomic E-state index is 12.6. The van der Waals surface area contributed by atoms with E-state index >= 15 is 0 Å². The van der Waals surface area contributed by atoms with E-state index in [1.54, 1.807) is 0 Å². The van der Waals surface area contributed by atoms with Gasteiger partial charge >= 0.3 is 11.9 Å². The standard InChI is InChI=1S/C43H80NO8P/c1-6-8-10-12-14-16-18-20-22-24-26-28-30-32-34-36-43(46)52-41(40-51-53(47,48)50-38-37-44(3,4)5)39-49-42(45)35-33-31-29-27-25-23-21-19-17-15-13-11-9-7-2/h6,13,15,19,21,41H,1,7-12,14,16-18,20,22-40H2,2-5H3/b15-13+,21-19+/t41-/m1/s1. The molecule has 0 aromatic heterocycles. The first-order chi connectivity index (χ1) is 25.5. The average Bonchev–Trinajstić information content (AvgIpc) is 3.10. The van der Waals surface area contributed by atoms with Gasteiger partial charge in [0.05, 0.1) is 27.7 Å². The minimum Gasteiger partial charge on any atom is -0.756 e. The van der Waals surface area contributed by atoms with E-state index in [2.05, 4.69) is 37.8 Å². The summed E-state index contributed by atoms with van der Waals surface area (Å²) >= 11 is 0. The maximum Gasteiger partial charge on any atom is 0.306 e. The number of quaternary nitrogens is 1. The van der Waals surface area contributed by atoms with Gasteiger partial charge in [-0.3, -0.25) is 14.2 Å². The number of allylic oxidation sites excluding steroid dienone is 5. The number of hydrogen-bond acceptors (Lipinski definition) is 8. The van der Waals surface area contributed by atoms with Crippen molar-refractivity contribution in [3.63, 3.8) is 0 Å². The van der Waals surface area contributed by atoms with Crippen molar-refractivity contribution in [1.29, 1.82) is 0 Å². The summed E-state index contributed by atoms with van der Waals surface area (Å²) in [6.07, 6.45) is 37.7. The van der Waals surface area contributed by atoms with Crippen molar-refractivity contribution in [3.8, 4) is 0 Å². The molecule has 10 heteroatoms. The summed E-state index contributed by atoms with van der Waals surface area (Å²) in [5.41, 5.74) is 0. The van der Waals surface area contributed by atoms with Crippen LogP contribution in [0.25, 0.3) is 0 Å². The van der Waals surface area contributed by atoms with Crippen LogP contribution in [0.4, 0.5) is 0 Å². The summed E-state index contributed by atoms with van der Waals surface area (Å²) in [7, 11) is 1.15. The van der Waals surface area contributed by atoms with Crippen LogP contribution in [-0.2, 0) is 32.7 Å². The highest BCUT2D eigenvalue weighted by molar-refractivity contribution is 7.45. The summed E-state index contributed by atoms with van der Waals surface area (Å²) in [6.45, 7) is 5.68. The van der Waals surface area contributed by atoms with Crippen LogP contribution in [0.1, 0.15) is 174 Å². The van der Waals surface area contributed by atoms with E-state index in [-0.39, 0.29) is 26.1 Å². The molecule has 0 heterocycles. The molecule has 0 aliphatic carbocycles. The SMILES string of the molecule is C=CCCCCCCCCCCCCCCCC(=O)O[C@H](COC(=O)CCCCCCC/C=C/C/C=C/CCCC)COP(=O)([O-])OCC[N+](C)(C)C. The third kappa shape index (κ3) is 39.7. The van der Waals surface area contributed by atoms with Gasteiger partial charge in [-0.2, -0.15) is 0 Å². The molecule has 0 rings (SSSR count). The molecule has 0 saturated carbocycles. The van der Waals surface area contributed by atoms with Crippen LogP contribution in [0.15, 0.2) is 37.0 Å². The number of hydrogen-bond donors (Lipinski definition) is 0. The Bertz CT molecular complexity index is 993. The predicted octanol–water partition coefficient (Wildman–Crippen LogP) is 11.1. The Hall–Kier alpha value is -1.77. The Morgan fingerprint density at radius 2 is 1.11 bits per heavy atom. The molecule has 0 aromatic rings. The van der Waals surface area contributed by atoms with E-state index in [9.17, 15) is 19.0 Å². The first-order valence-corrected chi connectivity index (χ1v) is 22.6. The van der Waals surface area contributed by atoms with Crippen LogP contribution in [-0.4, -0.2) is 70.0 Å². The molecule has 0 amide bonds. The second kappa shape index (κ2) is 35.9. The van der Waals surface area contributed by atoms with Crippen molar-refractivity contribution in [2.24, 2.45) is 0 Å². The van der Waals surface area contributed by atoms with Crippen LogP contribution < -0.4 is 4.89 Å². The number of rotatable bonds is 39. The third-order valence-electron chi connectivity index (χ3n) is 9.03. The number of ether oxygens (including phenoxy) is 2. The molecule has 0 aliphatic heterocycles. The van der Waals surface area contributed by atoms with Crippen molar-refractivity contribution >= 4 is 19.8 Å². The fourth-order valence-electron chi connectivity index (χ4n) is 5.65. The lowest BCUT2D eigenvalue weighted by molar-refractivity contribution is -0.870. The Morgan fingerprint density at radius 1 is 0.642 bits per heavy atom. The topological polar surface area (TPSA) is 111 Å². The molecule has 2 atom stereocenters. The monoisotopic (exact) mass is 770 g/mol. The highest BCUT2D eigenvalue weighted by Gasteiger charge is 2.21. The minimum atomic E-state index is -4.62. The van der Waals surface area contributed by atoms with E-state index in [1.807, 2.05) is 27.2 Å². The molecule has 0 N–H and O–H groups in total. The normalized spacial score (nSPS) is 13.8. The zero-order chi connectivity index (χ0) is 39.3. The van der Waals surface area contributed by atoms with Gasteiger partial charge in [0.1, 0.15) is 19.8 Å². The number of esters is 2. The van der Waals surface area contributed by atoms with Crippen molar-refractivity contribution in [1.82, 2.24) is 0 Å². The number of likely N-dealkylation sites (N-methyl/N-ethyl adjacent to an activating group) is 1. The summed E-state index contributed by atoms with van der Waals surface area (Å²) in [6, 6.07) is 0. The Kier molecular flexibility index (Phi) is 34.7. The lowest BCUT2D eigenvalue weighted by Crippen LogP contribution is -2.37. The summed E-state index contributed by atoms with van der Waals surface area (Å²) < 4.78 is 33.8. The molecular formula is C43H80NO8P. The van der Waals surface area contributed by atoms with Crippen LogP contribution in [0.2, 0.25) is 0 Å². The molecule has 0 fully saturated rings. The molecule has 0 saturated heterocycles. The van der Waals surface area contributed by atoms with Gasteiger partial charge in [0.25, 0.3) is 7.82 Å². The maximum absolute atomic E-state index is 12.6. The zero-order valence-corrected chi connectivity index (χ0v) is 35.4. The molecule has 0 bridgehead atoms. The van der Waals surface area contributed by atoms with Gasteiger partial charge in [0.15, 0.2) is 6.10 Å². The number of phosphoric acid groups is 1. The first kappa shape index (κ1) is 51.2. The number of nitrogens with zero attached hydrogens (tertiary/aromatic N) is 1. The minimum absolute atomic E-state index is 0.0338. The average molecular weight is 770 g/mol. The van der Waals surface area contributed by atoms with E-state index in [4.69, 9.17) is 18.5 Å². The first-order valence-electron chi connectivity index (χ1n) is 21.2. The van der Waals surface area contributed by atoms with E-state index in [0.717, 1.165) is 70.6 Å². The Morgan fingerprint density at radius 3 is 1.62 bits per heavy atom. The number of phosphoric ester groups is 1. The van der Waals surface area contributed by atoms with Gasteiger partial charge in [-0.05, 0) is 51.4 Å². The number of unbranched alkanes of at least 4 members (excludes halogenated alkanes) is 20. The quantitative estimate of drug-likeness (QED) is 0.0200. The van der Waals surface area contributed by atoms with Crippen molar-refractivity contribution in [3.05, 3.63) is 37.0 Å². The highest BCUT2D eigenvalue weighted by Crippen LogP contribution is 2.38. The summed E-state index contributed by atoms with van der Waals surface area (Å²) in [5.74, 6) is -0.853. The molecule has 0 spiro atoms. The second-order valence-electron chi connectivity index (χ2n) is 15.4. The van der Waals surface area contributed by atoms with E-state index in [0.29, 0.717) is 23.9 Å². The summed E-state index contributed by atoms with van der Waals surface area (Å²) in [5, 5.41) is 0. The Balaban J connectivity index is 4.38. The molecule has 1 unspecified atom stereocenters. The van der Waals surface area contributed by atoms with Gasteiger partial charge < -0.3 is 27.9 Å². The second-order valence-corrected chi connectivity index (χ2v) is 16.8. The van der Waals surface area contributed by atoms with Crippen molar-refractivity contribution in [2.45, 2.75) is 180 Å². The largest absolute Gasteiger partial charge is 0.756 e. The van der Waals surface area contributed by atoms with E-state index in [1.165, 1.54) is 70.6 Å². The predicted molar refractivity (Wildman–Crippen MR) is 217 cm³/mol. The number of carbonyl (C=O) groups excluding carboxylic acids is 2. The van der Waals surface area contributed by atoms with Gasteiger partial charge in [-0.15, -0.1) is 6.58 Å². The van der Waals surface area contributed by atoms with Crippen LogP contribution in [0.3, 0.4) is 0 Å². The lowest BCUT2D eigenvalue weighted by Gasteiger charge is -2.28. The molecule has 0 aliphatic rings. The van der Waals surface area contributed by atoms with Crippen LogP contribution in [0.5, 0.6) is 0 Å². The van der Waals surface area contributed by atoms with Gasteiger partial charge in [-0.25, -0.2) is 0 Å². The summed E-state index contributed by atoms with van der Waals surface area (Å²) in [4.78, 5) is 37.5. The van der Waals surface area contributed by atoms with Gasteiger partial charge in [0.2, 0.25) is 0 Å².